The fourth-order valence-corrected chi connectivity index (χ4v) is 1.90. The average Bonchev–Trinajstić information content (AvgIpc) is 2.60. The summed E-state index contributed by atoms with van der Waals surface area (Å²) in [6, 6.07) is 9.12. The van der Waals surface area contributed by atoms with Crippen LogP contribution in [-0.4, -0.2) is 30.6 Å². The fourth-order valence-electron chi connectivity index (χ4n) is 1.90. The normalized spacial score (nSPS) is 10.8. The third-order valence-corrected chi connectivity index (χ3v) is 3.02. The summed E-state index contributed by atoms with van der Waals surface area (Å²) in [7, 11) is 0. The van der Waals surface area contributed by atoms with Crippen molar-refractivity contribution in [2.45, 2.75) is 13.5 Å². The first-order valence-corrected chi connectivity index (χ1v) is 7.69. The number of halogens is 3. The molecule has 2 aromatic rings. The maximum absolute atomic E-state index is 13.1. The minimum absolute atomic E-state index is 0. The molecule has 0 aliphatic heterocycles. The second-order valence-corrected chi connectivity index (χ2v) is 4.87. The highest BCUT2D eigenvalue weighted by molar-refractivity contribution is 14.0. The van der Waals surface area contributed by atoms with Crippen LogP contribution in [0.15, 0.2) is 47.6 Å². The number of ether oxygens (including phenoxy) is 1. The zero-order valence-corrected chi connectivity index (χ0v) is 16.2. The summed E-state index contributed by atoms with van der Waals surface area (Å²) in [5.41, 5.74) is 0.868. The highest BCUT2D eigenvalue weighted by Gasteiger charge is 2.03. The SMILES string of the molecule is CCNC(=NCc1ccccn1)NCCOc1ccc(F)c(F)c1.I. The van der Waals surface area contributed by atoms with E-state index in [2.05, 4.69) is 20.6 Å². The number of aromatic nitrogens is 1. The van der Waals surface area contributed by atoms with Crippen molar-refractivity contribution < 1.29 is 13.5 Å². The number of hydrogen-bond donors (Lipinski definition) is 2. The van der Waals surface area contributed by atoms with Gasteiger partial charge in [0.05, 0.1) is 18.8 Å². The molecule has 1 aromatic carbocycles. The number of hydrogen-bond acceptors (Lipinski definition) is 3. The van der Waals surface area contributed by atoms with Crippen LogP contribution >= 0.6 is 24.0 Å². The van der Waals surface area contributed by atoms with Crippen LogP contribution in [0.3, 0.4) is 0 Å². The highest BCUT2D eigenvalue weighted by atomic mass is 127. The van der Waals surface area contributed by atoms with Gasteiger partial charge in [0.1, 0.15) is 12.4 Å². The van der Waals surface area contributed by atoms with Crippen molar-refractivity contribution >= 4 is 29.9 Å². The molecule has 0 spiro atoms. The topological polar surface area (TPSA) is 58.5 Å². The van der Waals surface area contributed by atoms with Crippen LogP contribution in [0.1, 0.15) is 12.6 Å². The van der Waals surface area contributed by atoms with Crippen molar-refractivity contribution in [3.05, 3.63) is 59.9 Å². The summed E-state index contributed by atoms with van der Waals surface area (Å²) in [5.74, 6) is -0.898. The predicted molar refractivity (Wildman–Crippen MR) is 104 cm³/mol. The Morgan fingerprint density at radius 2 is 2.00 bits per heavy atom. The van der Waals surface area contributed by atoms with Gasteiger partial charge in [-0.3, -0.25) is 4.98 Å². The van der Waals surface area contributed by atoms with Gasteiger partial charge in [0.15, 0.2) is 17.6 Å². The summed E-state index contributed by atoms with van der Waals surface area (Å²) in [6.45, 7) is 3.90. The maximum Gasteiger partial charge on any atom is 0.191 e. The zero-order valence-electron chi connectivity index (χ0n) is 13.8. The Kier molecular flexibility index (Phi) is 9.75. The molecular formula is C17H21F2IN4O. The number of nitrogens with one attached hydrogen (secondary N) is 2. The molecular weight excluding hydrogens is 441 g/mol. The molecule has 5 nitrogen and oxygen atoms in total. The van der Waals surface area contributed by atoms with Gasteiger partial charge in [0.2, 0.25) is 0 Å². The van der Waals surface area contributed by atoms with Gasteiger partial charge >= 0.3 is 0 Å². The molecule has 0 radical (unpaired) electrons. The molecule has 2 N–H and O–H groups in total. The van der Waals surface area contributed by atoms with E-state index in [0.29, 0.717) is 25.7 Å². The summed E-state index contributed by atoms with van der Waals surface area (Å²) in [4.78, 5) is 8.63. The molecule has 0 bridgehead atoms. The molecule has 0 amide bonds. The van der Waals surface area contributed by atoms with Gasteiger partial charge in [-0.05, 0) is 31.2 Å². The lowest BCUT2D eigenvalue weighted by molar-refractivity contribution is 0.318. The van der Waals surface area contributed by atoms with Crippen molar-refractivity contribution in [1.82, 2.24) is 15.6 Å². The lowest BCUT2D eigenvalue weighted by Gasteiger charge is -2.12. The maximum atomic E-state index is 13.1. The summed E-state index contributed by atoms with van der Waals surface area (Å²) < 4.78 is 31.3. The van der Waals surface area contributed by atoms with Crippen LogP contribution in [0.2, 0.25) is 0 Å². The first-order valence-electron chi connectivity index (χ1n) is 7.69. The van der Waals surface area contributed by atoms with Gasteiger partial charge in [-0.15, -0.1) is 24.0 Å². The first kappa shape index (κ1) is 21.1. The van der Waals surface area contributed by atoms with E-state index in [0.717, 1.165) is 24.4 Å². The van der Waals surface area contributed by atoms with Gasteiger partial charge in [-0.25, -0.2) is 13.8 Å². The number of aliphatic imine (C=N–C) groups is 1. The molecule has 0 saturated carbocycles. The zero-order chi connectivity index (χ0) is 17.2. The van der Waals surface area contributed by atoms with Crippen LogP contribution < -0.4 is 15.4 Å². The molecule has 25 heavy (non-hydrogen) atoms. The molecule has 8 heteroatoms. The fraction of sp³-hybridized carbons (Fsp3) is 0.294. The molecule has 0 aliphatic carbocycles. The molecule has 0 unspecified atom stereocenters. The number of nitrogens with zero attached hydrogens (tertiary/aromatic N) is 2. The van der Waals surface area contributed by atoms with Gasteiger partial charge in [-0.2, -0.15) is 0 Å². The summed E-state index contributed by atoms with van der Waals surface area (Å²) >= 11 is 0. The Morgan fingerprint density at radius 3 is 2.68 bits per heavy atom. The number of rotatable bonds is 7. The van der Waals surface area contributed by atoms with Crippen LogP contribution in [-0.2, 0) is 6.54 Å². The van der Waals surface area contributed by atoms with E-state index in [4.69, 9.17) is 4.74 Å². The molecule has 136 valence electrons. The largest absolute Gasteiger partial charge is 0.492 e. The van der Waals surface area contributed by atoms with Crippen LogP contribution in [0, 0.1) is 11.6 Å². The average molecular weight is 462 g/mol. The van der Waals surface area contributed by atoms with E-state index < -0.39 is 11.6 Å². The number of benzene rings is 1. The molecule has 2 rings (SSSR count). The van der Waals surface area contributed by atoms with Crippen molar-refractivity contribution in [3.63, 3.8) is 0 Å². The van der Waals surface area contributed by atoms with Crippen LogP contribution in [0.4, 0.5) is 8.78 Å². The molecule has 0 aliphatic rings. The monoisotopic (exact) mass is 462 g/mol. The van der Waals surface area contributed by atoms with Gasteiger partial charge < -0.3 is 15.4 Å². The lowest BCUT2D eigenvalue weighted by Crippen LogP contribution is -2.39. The second kappa shape index (κ2) is 11.6. The first-order chi connectivity index (χ1) is 11.7. The highest BCUT2D eigenvalue weighted by Crippen LogP contribution is 2.14. The minimum atomic E-state index is -0.925. The van der Waals surface area contributed by atoms with Gasteiger partial charge in [0, 0.05) is 18.8 Å². The third-order valence-electron chi connectivity index (χ3n) is 3.02. The Labute approximate surface area is 162 Å². The van der Waals surface area contributed by atoms with Crippen LogP contribution in [0.5, 0.6) is 5.75 Å². The third kappa shape index (κ3) is 7.63. The molecule has 0 saturated heterocycles. The summed E-state index contributed by atoms with van der Waals surface area (Å²) in [6.07, 6.45) is 1.72. The second-order valence-electron chi connectivity index (χ2n) is 4.87. The van der Waals surface area contributed by atoms with E-state index in [1.807, 2.05) is 25.1 Å². The van der Waals surface area contributed by atoms with Crippen molar-refractivity contribution in [3.8, 4) is 5.75 Å². The number of guanidine groups is 1. The Morgan fingerprint density at radius 1 is 1.16 bits per heavy atom. The van der Waals surface area contributed by atoms with E-state index in [-0.39, 0.29) is 29.7 Å². The molecule has 1 heterocycles. The van der Waals surface area contributed by atoms with E-state index in [9.17, 15) is 8.78 Å². The molecule has 0 atom stereocenters. The Bertz CT molecular complexity index is 671. The number of pyridine rings is 1. The lowest BCUT2D eigenvalue weighted by atomic mass is 10.3. The van der Waals surface area contributed by atoms with Crippen molar-refractivity contribution in [2.75, 3.05) is 19.7 Å². The van der Waals surface area contributed by atoms with Crippen molar-refractivity contribution in [2.24, 2.45) is 4.99 Å². The Hall–Kier alpha value is -1.97. The van der Waals surface area contributed by atoms with E-state index in [1.165, 1.54) is 6.07 Å². The predicted octanol–water partition coefficient (Wildman–Crippen LogP) is 3.11. The minimum Gasteiger partial charge on any atom is -0.492 e. The van der Waals surface area contributed by atoms with Gasteiger partial charge in [0.25, 0.3) is 0 Å². The smallest absolute Gasteiger partial charge is 0.191 e. The van der Waals surface area contributed by atoms with Gasteiger partial charge in [-0.1, -0.05) is 6.07 Å². The molecule has 0 fully saturated rings. The quantitative estimate of drug-likeness (QED) is 0.288. The van der Waals surface area contributed by atoms with E-state index >= 15 is 0 Å². The standard InChI is InChI=1S/C17H20F2N4O.HI/c1-2-20-17(23-12-13-5-3-4-8-21-13)22-9-10-24-14-6-7-15(18)16(19)11-14;/h3-8,11H,2,9-10,12H2,1H3,(H2,20,22,23);1H. The van der Waals surface area contributed by atoms with E-state index in [1.54, 1.807) is 6.20 Å². The Balaban J connectivity index is 0.00000312. The van der Waals surface area contributed by atoms with Crippen LogP contribution in [0.25, 0.3) is 0 Å². The van der Waals surface area contributed by atoms with Crippen molar-refractivity contribution in [1.29, 1.82) is 0 Å². The summed E-state index contributed by atoms with van der Waals surface area (Å²) in [5, 5.41) is 6.22. The molecule has 1 aromatic heterocycles.